The minimum Gasteiger partial charge on any atom is -0.341 e. The molecular weight excluding hydrogens is 402 g/mol. The first-order valence-electron chi connectivity index (χ1n) is 11.1. The number of nitrogens with one attached hydrogen (secondary N) is 1. The number of aryl methyl sites for hydroxylation is 1. The van der Waals surface area contributed by atoms with E-state index in [0.29, 0.717) is 32.6 Å². The average molecular weight is 432 g/mol. The van der Waals surface area contributed by atoms with Crippen LogP contribution in [0.5, 0.6) is 0 Å². The lowest BCUT2D eigenvalue weighted by Crippen LogP contribution is -2.38. The van der Waals surface area contributed by atoms with Crippen molar-refractivity contribution in [3.05, 3.63) is 71.8 Å². The fourth-order valence-electron chi connectivity index (χ4n) is 4.31. The van der Waals surface area contributed by atoms with E-state index in [-0.39, 0.29) is 23.6 Å². The molecule has 1 atom stereocenters. The van der Waals surface area contributed by atoms with E-state index in [4.69, 9.17) is 0 Å². The van der Waals surface area contributed by atoms with Crippen molar-refractivity contribution in [1.29, 1.82) is 0 Å². The molecule has 0 saturated carbocycles. The molecule has 4 rings (SSSR count). The van der Waals surface area contributed by atoms with Gasteiger partial charge in [-0.2, -0.15) is 5.10 Å². The van der Waals surface area contributed by atoms with Crippen molar-refractivity contribution in [1.82, 2.24) is 25.0 Å². The molecule has 2 heterocycles. The Balaban J connectivity index is 1.63. The zero-order valence-corrected chi connectivity index (χ0v) is 18.6. The Kier molecular flexibility index (Phi) is 6.63. The Hall–Kier alpha value is -3.48. The van der Waals surface area contributed by atoms with Gasteiger partial charge in [0.2, 0.25) is 11.7 Å². The largest absolute Gasteiger partial charge is 0.341 e. The van der Waals surface area contributed by atoms with Crippen molar-refractivity contribution in [2.24, 2.45) is 5.92 Å². The second-order valence-corrected chi connectivity index (χ2v) is 8.33. The lowest BCUT2D eigenvalue weighted by atomic mass is 9.91. The summed E-state index contributed by atoms with van der Waals surface area (Å²) in [5, 5.41) is 6.45. The summed E-state index contributed by atoms with van der Waals surface area (Å²) in [6, 6.07) is 16.7. The number of benzene rings is 2. The molecule has 1 aromatic heterocycles. The fraction of sp³-hybridized carbons (Fsp3) is 0.360. The Morgan fingerprint density at radius 3 is 2.62 bits per heavy atom. The normalized spacial score (nSPS) is 16.8. The first-order valence-corrected chi connectivity index (χ1v) is 11.1. The summed E-state index contributed by atoms with van der Waals surface area (Å²) < 4.78 is 0. The van der Waals surface area contributed by atoms with Crippen LogP contribution < -0.4 is 0 Å². The van der Waals surface area contributed by atoms with Crippen LogP contribution in [-0.2, 0) is 11.2 Å². The Bertz CT molecular complexity index is 1060. The Morgan fingerprint density at radius 1 is 1.12 bits per heavy atom. The number of amides is 2. The van der Waals surface area contributed by atoms with Crippen molar-refractivity contribution in [3.63, 3.8) is 0 Å². The number of H-pyrrole nitrogens is 1. The summed E-state index contributed by atoms with van der Waals surface area (Å²) >= 11 is 0. The minimum atomic E-state index is -0.317. The summed E-state index contributed by atoms with van der Waals surface area (Å²) in [4.78, 5) is 34.0. The van der Waals surface area contributed by atoms with E-state index in [9.17, 15) is 9.59 Å². The highest BCUT2D eigenvalue weighted by molar-refractivity contribution is 5.91. The molecular formula is C25H29N5O2. The number of nitrogens with zero attached hydrogens (tertiary/aromatic N) is 4. The number of hydrogen-bond acceptors (Lipinski definition) is 4. The molecule has 2 aromatic carbocycles. The summed E-state index contributed by atoms with van der Waals surface area (Å²) in [5.74, 6) is -0.216. The summed E-state index contributed by atoms with van der Waals surface area (Å²) in [6.45, 7) is 6.21. The molecule has 0 aliphatic carbocycles. The molecule has 1 fully saturated rings. The smallest absolute Gasteiger partial charge is 0.291 e. The highest BCUT2D eigenvalue weighted by Gasteiger charge is 2.33. The number of hydrogen-bond donors (Lipinski definition) is 1. The maximum Gasteiger partial charge on any atom is 0.291 e. The number of carbonyl (C=O) groups is 2. The zero-order valence-electron chi connectivity index (χ0n) is 18.6. The molecule has 2 amide bonds. The van der Waals surface area contributed by atoms with Gasteiger partial charge in [0.25, 0.3) is 5.91 Å². The molecule has 0 spiro atoms. The third-order valence-corrected chi connectivity index (χ3v) is 5.99. The Labute approximate surface area is 188 Å². The van der Waals surface area contributed by atoms with Gasteiger partial charge in [0.1, 0.15) is 6.33 Å². The van der Waals surface area contributed by atoms with Crippen LogP contribution in [0.1, 0.15) is 35.1 Å². The third kappa shape index (κ3) is 4.72. The van der Waals surface area contributed by atoms with Gasteiger partial charge >= 0.3 is 0 Å². The van der Waals surface area contributed by atoms with Crippen molar-refractivity contribution in [2.75, 3.05) is 26.2 Å². The standard InChI is InChI=1S/C25H29N5O2/c1-3-12-29-13-14-30(25(32)23-26-17-27-28-23)16-21(24(29)31)15-20-6-4-5-7-22(20)19-10-8-18(2)9-11-19/h4-11,17,21H,3,12-16H2,1-2H3,(H,26,27,28)/t21-/m0/s1. The third-order valence-electron chi connectivity index (χ3n) is 5.99. The number of aromatic nitrogens is 3. The fourth-order valence-corrected chi connectivity index (χ4v) is 4.31. The molecule has 0 radical (unpaired) electrons. The van der Waals surface area contributed by atoms with Crippen molar-refractivity contribution in [2.45, 2.75) is 26.7 Å². The molecule has 7 heteroatoms. The Morgan fingerprint density at radius 2 is 1.91 bits per heavy atom. The van der Waals surface area contributed by atoms with Gasteiger partial charge in [-0.3, -0.25) is 14.7 Å². The van der Waals surface area contributed by atoms with E-state index in [2.05, 4.69) is 65.4 Å². The predicted molar refractivity (Wildman–Crippen MR) is 123 cm³/mol. The second-order valence-electron chi connectivity index (χ2n) is 8.33. The van der Waals surface area contributed by atoms with Crippen LogP contribution >= 0.6 is 0 Å². The first kappa shape index (κ1) is 21.7. The molecule has 0 bridgehead atoms. The van der Waals surface area contributed by atoms with Gasteiger partial charge in [-0.1, -0.05) is 61.0 Å². The highest BCUT2D eigenvalue weighted by atomic mass is 16.2. The van der Waals surface area contributed by atoms with Crippen LogP contribution in [-0.4, -0.2) is 63.0 Å². The predicted octanol–water partition coefficient (Wildman–Crippen LogP) is 3.33. The lowest BCUT2D eigenvalue weighted by Gasteiger charge is -2.24. The molecule has 0 unspecified atom stereocenters. The van der Waals surface area contributed by atoms with Crippen molar-refractivity contribution >= 4 is 11.8 Å². The average Bonchev–Trinajstić information content (AvgIpc) is 3.30. The van der Waals surface area contributed by atoms with Crippen LogP contribution in [0.25, 0.3) is 11.1 Å². The molecule has 1 aliphatic rings. The highest BCUT2D eigenvalue weighted by Crippen LogP contribution is 2.28. The summed E-state index contributed by atoms with van der Waals surface area (Å²) in [6.07, 6.45) is 2.78. The van der Waals surface area contributed by atoms with E-state index in [1.165, 1.54) is 11.9 Å². The van der Waals surface area contributed by atoms with Crippen molar-refractivity contribution in [3.8, 4) is 11.1 Å². The molecule has 3 aromatic rings. The monoisotopic (exact) mass is 431 g/mol. The first-order chi connectivity index (χ1) is 15.6. The molecule has 1 N–H and O–H groups in total. The molecule has 166 valence electrons. The molecule has 7 nitrogen and oxygen atoms in total. The molecule has 1 saturated heterocycles. The van der Waals surface area contributed by atoms with Crippen LogP contribution in [0.4, 0.5) is 0 Å². The van der Waals surface area contributed by atoms with E-state index in [1.807, 2.05) is 17.0 Å². The quantitative estimate of drug-likeness (QED) is 0.649. The van der Waals surface area contributed by atoms with E-state index in [1.54, 1.807) is 4.90 Å². The minimum absolute atomic E-state index is 0.110. The molecule has 1 aliphatic heterocycles. The van der Waals surface area contributed by atoms with Gasteiger partial charge in [0.15, 0.2) is 0 Å². The molecule has 32 heavy (non-hydrogen) atoms. The SMILES string of the molecule is CCCN1CCN(C(=O)c2ncn[nH]2)C[C@H](Cc2ccccc2-c2ccc(C)cc2)C1=O. The van der Waals surface area contributed by atoms with Gasteiger partial charge in [0.05, 0.1) is 5.92 Å². The van der Waals surface area contributed by atoms with E-state index >= 15 is 0 Å². The van der Waals surface area contributed by atoms with Crippen LogP contribution in [0.2, 0.25) is 0 Å². The maximum absolute atomic E-state index is 13.4. The van der Waals surface area contributed by atoms with E-state index in [0.717, 1.165) is 23.1 Å². The number of carbonyl (C=O) groups excluding carboxylic acids is 2. The van der Waals surface area contributed by atoms with Gasteiger partial charge < -0.3 is 9.80 Å². The van der Waals surface area contributed by atoms with Gasteiger partial charge in [-0.15, -0.1) is 0 Å². The van der Waals surface area contributed by atoms with Gasteiger partial charge in [0, 0.05) is 26.2 Å². The zero-order chi connectivity index (χ0) is 22.5. The van der Waals surface area contributed by atoms with Gasteiger partial charge in [-0.25, -0.2) is 4.98 Å². The van der Waals surface area contributed by atoms with Crippen LogP contribution in [0, 0.1) is 12.8 Å². The van der Waals surface area contributed by atoms with Crippen LogP contribution in [0.3, 0.4) is 0 Å². The maximum atomic E-state index is 13.4. The lowest BCUT2D eigenvalue weighted by molar-refractivity contribution is -0.134. The summed E-state index contributed by atoms with van der Waals surface area (Å²) in [5.41, 5.74) is 4.58. The number of rotatable bonds is 6. The topological polar surface area (TPSA) is 82.2 Å². The van der Waals surface area contributed by atoms with Crippen LogP contribution in [0.15, 0.2) is 54.9 Å². The van der Waals surface area contributed by atoms with E-state index < -0.39 is 0 Å². The number of aromatic amines is 1. The van der Waals surface area contributed by atoms with Gasteiger partial charge in [-0.05, 0) is 36.5 Å². The summed E-state index contributed by atoms with van der Waals surface area (Å²) in [7, 11) is 0. The van der Waals surface area contributed by atoms with Crippen molar-refractivity contribution < 1.29 is 9.59 Å². The second kappa shape index (κ2) is 9.77.